The van der Waals surface area contributed by atoms with Crippen LogP contribution in [0.1, 0.15) is 23.0 Å². The summed E-state index contributed by atoms with van der Waals surface area (Å²) in [5, 5.41) is 2.55. The first-order chi connectivity index (χ1) is 10.1. The van der Waals surface area contributed by atoms with Gasteiger partial charge in [-0.3, -0.25) is 4.79 Å². The fourth-order valence-corrected chi connectivity index (χ4v) is 1.64. The van der Waals surface area contributed by atoms with E-state index in [9.17, 15) is 14.0 Å². The van der Waals surface area contributed by atoms with Crippen LogP contribution in [-0.4, -0.2) is 18.0 Å². The summed E-state index contributed by atoms with van der Waals surface area (Å²) >= 11 is 0. The molecule has 0 aliphatic carbocycles. The van der Waals surface area contributed by atoms with Crippen molar-refractivity contribution >= 4 is 11.9 Å². The van der Waals surface area contributed by atoms with Gasteiger partial charge >= 0.3 is 5.97 Å². The van der Waals surface area contributed by atoms with Gasteiger partial charge in [0.2, 0.25) is 0 Å². The normalized spacial score (nSPS) is 11.7. The number of esters is 1. The Morgan fingerprint density at radius 3 is 2.71 bits per heavy atom. The molecule has 5 nitrogen and oxygen atoms in total. The van der Waals surface area contributed by atoms with E-state index in [1.165, 1.54) is 31.4 Å². The minimum atomic E-state index is -1.04. The van der Waals surface area contributed by atoms with Crippen molar-refractivity contribution < 1.29 is 23.1 Å². The van der Waals surface area contributed by atoms with Gasteiger partial charge in [0.15, 0.2) is 6.10 Å². The minimum Gasteiger partial charge on any atom is -0.467 e. The second kappa shape index (κ2) is 6.69. The Labute approximate surface area is 120 Å². The fraction of sp³-hybridized carbons (Fsp3) is 0.200. The Morgan fingerprint density at radius 1 is 1.29 bits per heavy atom. The zero-order chi connectivity index (χ0) is 15.2. The van der Waals surface area contributed by atoms with Gasteiger partial charge in [0.1, 0.15) is 11.6 Å². The van der Waals surface area contributed by atoms with Gasteiger partial charge in [-0.25, -0.2) is 9.18 Å². The average Bonchev–Trinajstić information content (AvgIpc) is 2.98. The lowest BCUT2D eigenvalue weighted by Crippen LogP contribution is -2.35. The molecular weight excluding hydrogens is 277 g/mol. The van der Waals surface area contributed by atoms with Crippen LogP contribution in [0, 0.1) is 5.82 Å². The van der Waals surface area contributed by atoms with Gasteiger partial charge < -0.3 is 14.5 Å². The van der Waals surface area contributed by atoms with E-state index in [0.717, 1.165) is 6.07 Å². The molecule has 0 spiro atoms. The van der Waals surface area contributed by atoms with Crippen LogP contribution < -0.4 is 5.32 Å². The first kappa shape index (κ1) is 14.8. The Balaban J connectivity index is 1.88. The molecule has 1 amide bonds. The van der Waals surface area contributed by atoms with Crippen LogP contribution >= 0.6 is 0 Å². The number of amides is 1. The molecule has 0 saturated heterocycles. The highest BCUT2D eigenvalue weighted by molar-refractivity contribution is 5.92. The third kappa shape index (κ3) is 3.92. The Bertz CT molecular complexity index is 624. The van der Waals surface area contributed by atoms with Crippen molar-refractivity contribution in [1.29, 1.82) is 0 Å². The van der Waals surface area contributed by atoms with Gasteiger partial charge in [-0.15, -0.1) is 0 Å². The van der Waals surface area contributed by atoms with E-state index in [2.05, 4.69) is 5.32 Å². The number of furan rings is 1. The second-order valence-electron chi connectivity index (χ2n) is 4.32. The molecule has 21 heavy (non-hydrogen) atoms. The van der Waals surface area contributed by atoms with E-state index < -0.39 is 23.8 Å². The maximum atomic E-state index is 13.4. The molecule has 0 unspecified atom stereocenters. The lowest BCUT2D eigenvalue weighted by molar-refractivity contribution is -0.129. The smallest absolute Gasteiger partial charge is 0.341 e. The Morgan fingerprint density at radius 2 is 2.05 bits per heavy atom. The first-order valence-corrected chi connectivity index (χ1v) is 6.33. The van der Waals surface area contributed by atoms with E-state index in [4.69, 9.17) is 9.15 Å². The van der Waals surface area contributed by atoms with Gasteiger partial charge in [-0.1, -0.05) is 12.1 Å². The quantitative estimate of drug-likeness (QED) is 0.858. The van der Waals surface area contributed by atoms with E-state index in [1.54, 1.807) is 12.1 Å². The number of carbonyl (C=O) groups excluding carboxylic acids is 2. The first-order valence-electron chi connectivity index (χ1n) is 6.33. The molecule has 6 heteroatoms. The van der Waals surface area contributed by atoms with Gasteiger partial charge in [0.25, 0.3) is 5.91 Å². The van der Waals surface area contributed by atoms with Crippen molar-refractivity contribution in [3.05, 3.63) is 59.8 Å². The molecule has 0 radical (unpaired) electrons. The van der Waals surface area contributed by atoms with E-state index >= 15 is 0 Å². The molecule has 110 valence electrons. The molecule has 1 atom stereocenters. The summed E-state index contributed by atoms with van der Waals surface area (Å²) in [7, 11) is 0. The monoisotopic (exact) mass is 291 g/mol. The average molecular weight is 291 g/mol. The standard InChI is InChI=1S/C15H14FNO4/c1-10(14(18)17-9-11-5-4-8-20-11)21-15(19)12-6-2-3-7-13(12)16/h2-8,10H,9H2,1H3,(H,17,18)/t10-/m1/s1. The summed E-state index contributed by atoms with van der Waals surface area (Å²) < 4.78 is 23.4. The summed E-state index contributed by atoms with van der Waals surface area (Å²) in [6, 6.07) is 8.83. The predicted molar refractivity (Wildman–Crippen MR) is 71.8 cm³/mol. The highest BCUT2D eigenvalue weighted by Gasteiger charge is 2.20. The Hall–Kier alpha value is -2.63. The summed E-state index contributed by atoms with van der Waals surface area (Å²) in [5.41, 5.74) is -0.205. The zero-order valence-corrected chi connectivity index (χ0v) is 11.3. The van der Waals surface area contributed by atoms with Crippen LogP contribution in [0.15, 0.2) is 47.1 Å². The summed E-state index contributed by atoms with van der Waals surface area (Å²) in [5.74, 6) is -1.48. The van der Waals surface area contributed by atoms with Crippen LogP contribution in [0.4, 0.5) is 4.39 Å². The Kier molecular flexibility index (Phi) is 4.71. The van der Waals surface area contributed by atoms with E-state index in [1.807, 2.05) is 0 Å². The molecule has 1 heterocycles. The third-order valence-electron chi connectivity index (χ3n) is 2.76. The van der Waals surface area contributed by atoms with Crippen molar-refractivity contribution in [2.45, 2.75) is 19.6 Å². The summed E-state index contributed by atoms with van der Waals surface area (Å²) in [6.45, 7) is 1.60. The maximum Gasteiger partial charge on any atom is 0.341 e. The molecule has 2 rings (SSSR count). The molecule has 0 bridgehead atoms. The molecule has 1 aromatic carbocycles. The van der Waals surface area contributed by atoms with Gasteiger partial charge in [-0.2, -0.15) is 0 Å². The molecular formula is C15H14FNO4. The number of carbonyl (C=O) groups is 2. The van der Waals surface area contributed by atoms with Gasteiger partial charge in [0.05, 0.1) is 18.4 Å². The van der Waals surface area contributed by atoms with Crippen LogP contribution in [-0.2, 0) is 16.1 Å². The van der Waals surface area contributed by atoms with Crippen molar-refractivity contribution in [2.75, 3.05) is 0 Å². The highest BCUT2D eigenvalue weighted by Crippen LogP contribution is 2.09. The van der Waals surface area contributed by atoms with Crippen LogP contribution in [0.5, 0.6) is 0 Å². The third-order valence-corrected chi connectivity index (χ3v) is 2.76. The zero-order valence-electron chi connectivity index (χ0n) is 11.3. The number of nitrogens with one attached hydrogen (secondary N) is 1. The topological polar surface area (TPSA) is 68.5 Å². The maximum absolute atomic E-state index is 13.4. The molecule has 0 aliphatic heterocycles. The molecule has 0 aliphatic rings. The number of hydrogen-bond acceptors (Lipinski definition) is 4. The lowest BCUT2D eigenvalue weighted by Gasteiger charge is -2.13. The fourth-order valence-electron chi connectivity index (χ4n) is 1.64. The molecule has 2 aromatic rings. The molecule has 0 saturated carbocycles. The van der Waals surface area contributed by atoms with Gasteiger partial charge in [-0.05, 0) is 31.2 Å². The largest absolute Gasteiger partial charge is 0.467 e. The summed E-state index contributed by atoms with van der Waals surface area (Å²) in [6.07, 6.45) is 0.454. The van der Waals surface area contributed by atoms with Crippen molar-refractivity contribution in [2.24, 2.45) is 0 Å². The summed E-state index contributed by atoms with van der Waals surface area (Å²) in [4.78, 5) is 23.5. The second-order valence-corrected chi connectivity index (χ2v) is 4.32. The molecule has 1 N–H and O–H groups in total. The van der Waals surface area contributed by atoms with Gasteiger partial charge in [0, 0.05) is 0 Å². The van der Waals surface area contributed by atoms with Crippen LogP contribution in [0.2, 0.25) is 0 Å². The number of benzene rings is 1. The number of halogens is 1. The van der Waals surface area contributed by atoms with Crippen molar-refractivity contribution in [3.8, 4) is 0 Å². The van der Waals surface area contributed by atoms with Crippen molar-refractivity contribution in [3.63, 3.8) is 0 Å². The number of hydrogen-bond donors (Lipinski definition) is 1. The number of ether oxygens (including phenoxy) is 1. The molecule has 0 fully saturated rings. The molecule has 1 aromatic heterocycles. The highest BCUT2D eigenvalue weighted by atomic mass is 19.1. The van der Waals surface area contributed by atoms with Crippen LogP contribution in [0.3, 0.4) is 0 Å². The predicted octanol–water partition coefficient (Wildman–Crippen LogP) is 2.28. The lowest BCUT2D eigenvalue weighted by atomic mass is 10.2. The van der Waals surface area contributed by atoms with Crippen molar-refractivity contribution in [1.82, 2.24) is 5.32 Å². The van der Waals surface area contributed by atoms with E-state index in [-0.39, 0.29) is 12.1 Å². The SMILES string of the molecule is C[C@@H](OC(=O)c1ccccc1F)C(=O)NCc1ccco1. The minimum absolute atomic E-state index is 0.188. The van der Waals surface area contributed by atoms with E-state index in [0.29, 0.717) is 5.76 Å². The number of rotatable bonds is 5. The van der Waals surface area contributed by atoms with Crippen LogP contribution in [0.25, 0.3) is 0 Å².